The van der Waals surface area contributed by atoms with Crippen LogP contribution in [0.25, 0.3) is 16.8 Å². The Labute approximate surface area is 121 Å². The molecule has 3 aromatic heterocycles. The van der Waals surface area contributed by atoms with E-state index < -0.39 is 0 Å². The average molecular weight is 283 g/mol. The van der Waals surface area contributed by atoms with Gasteiger partial charge in [-0.15, -0.1) is 10.2 Å². The van der Waals surface area contributed by atoms with E-state index in [0.29, 0.717) is 23.6 Å². The maximum absolute atomic E-state index is 4.39. The van der Waals surface area contributed by atoms with Crippen LogP contribution in [-0.4, -0.2) is 41.6 Å². The SMILES string of the molecule is c1nc2ncn3c(CC4CC5CCC(C4)N5)nnc3c2[nH]1. The molecule has 0 aliphatic carbocycles. The summed E-state index contributed by atoms with van der Waals surface area (Å²) in [6, 6.07) is 1.43. The molecular formula is C14H17N7. The molecule has 2 unspecified atom stereocenters. The highest BCUT2D eigenvalue weighted by molar-refractivity contribution is 5.84. The van der Waals surface area contributed by atoms with Crippen LogP contribution in [-0.2, 0) is 6.42 Å². The zero-order valence-electron chi connectivity index (χ0n) is 11.7. The van der Waals surface area contributed by atoms with Gasteiger partial charge in [-0.1, -0.05) is 0 Å². The van der Waals surface area contributed by atoms with Crippen LogP contribution in [0.5, 0.6) is 0 Å². The highest BCUT2D eigenvalue weighted by Crippen LogP contribution is 2.32. The van der Waals surface area contributed by atoms with Crippen molar-refractivity contribution < 1.29 is 0 Å². The molecule has 0 aromatic carbocycles. The number of hydrogen-bond acceptors (Lipinski definition) is 5. The molecule has 0 spiro atoms. The zero-order valence-corrected chi connectivity index (χ0v) is 11.7. The summed E-state index contributed by atoms with van der Waals surface area (Å²) in [7, 11) is 0. The Hall–Kier alpha value is -2.02. The van der Waals surface area contributed by atoms with Crippen LogP contribution < -0.4 is 5.32 Å². The lowest BCUT2D eigenvalue weighted by Gasteiger charge is -2.28. The number of H-pyrrole nitrogens is 1. The molecule has 5 heterocycles. The highest BCUT2D eigenvalue weighted by atomic mass is 15.3. The maximum atomic E-state index is 4.39. The Morgan fingerprint density at radius 2 is 2.00 bits per heavy atom. The van der Waals surface area contributed by atoms with Gasteiger partial charge in [0.15, 0.2) is 11.3 Å². The molecule has 2 aliphatic heterocycles. The first-order valence-corrected chi connectivity index (χ1v) is 7.64. The van der Waals surface area contributed by atoms with Crippen LogP contribution in [0.15, 0.2) is 12.7 Å². The number of imidazole rings is 1. The molecule has 3 aromatic rings. The Bertz CT molecular complexity index is 792. The number of hydrogen-bond donors (Lipinski definition) is 2. The van der Waals surface area contributed by atoms with Crippen LogP contribution in [0, 0.1) is 5.92 Å². The number of nitrogens with zero attached hydrogens (tertiary/aromatic N) is 5. The second-order valence-corrected chi connectivity index (χ2v) is 6.33. The minimum atomic E-state index is 0.696. The van der Waals surface area contributed by atoms with Gasteiger partial charge in [0.2, 0.25) is 0 Å². The Morgan fingerprint density at radius 3 is 2.86 bits per heavy atom. The van der Waals surface area contributed by atoms with Gasteiger partial charge in [-0.25, -0.2) is 9.97 Å². The van der Waals surface area contributed by atoms with Crippen molar-refractivity contribution in [3.63, 3.8) is 0 Å². The van der Waals surface area contributed by atoms with Gasteiger partial charge in [0, 0.05) is 18.5 Å². The van der Waals surface area contributed by atoms with Crippen molar-refractivity contribution in [2.75, 3.05) is 0 Å². The van der Waals surface area contributed by atoms with Gasteiger partial charge in [0.1, 0.15) is 17.7 Å². The first-order chi connectivity index (χ1) is 10.4. The van der Waals surface area contributed by atoms with E-state index >= 15 is 0 Å². The van der Waals surface area contributed by atoms with Gasteiger partial charge >= 0.3 is 0 Å². The monoisotopic (exact) mass is 283 g/mol. The van der Waals surface area contributed by atoms with E-state index in [2.05, 4.69) is 30.5 Å². The lowest BCUT2D eigenvalue weighted by atomic mass is 9.89. The number of rotatable bonds is 2. The number of aromatic nitrogens is 6. The van der Waals surface area contributed by atoms with E-state index in [1.54, 1.807) is 12.7 Å². The third-order valence-corrected chi connectivity index (χ3v) is 4.95. The second kappa shape index (κ2) is 4.24. The summed E-state index contributed by atoms with van der Waals surface area (Å²) in [6.45, 7) is 0. The van der Waals surface area contributed by atoms with Crippen LogP contribution in [0.1, 0.15) is 31.5 Å². The molecule has 2 aliphatic rings. The van der Waals surface area contributed by atoms with Crippen molar-refractivity contribution in [1.82, 2.24) is 34.9 Å². The third-order valence-electron chi connectivity index (χ3n) is 4.95. The van der Waals surface area contributed by atoms with Crippen molar-refractivity contribution in [1.29, 1.82) is 0 Å². The third kappa shape index (κ3) is 1.77. The van der Waals surface area contributed by atoms with Crippen molar-refractivity contribution in [3.05, 3.63) is 18.5 Å². The lowest BCUT2D eigenvalue weighted by Crippen LogP contribution is -2.38. The number of aromatic amines is 1. The summed E-state index contributed by atoms with van der Waals surface area (Å²) in [5, 5.41) is 12.4. The molecule has 5 rings (SSSR count). The molecule has 7 heteroatoms. The first kappa shape index (κ1) is 11.6. The summed E-state index contributed by atoms with van der Waals surface area (Å²) < 4.78 is 2.00. The largest absolute Gasteiger partial charge is 0.340 e. The highest BCUT2D eigenvalue weighted by Gasteiger charge is 2.34. The van der Waals surface area contributed by atoms with Crippen LogP contribution in [0.2, 0.25) is 0 Å². The summed E-state index contributed by atoms with van der Waals surface area (Å²) in [6.07, 6.45) is 9.60. The fourth-order valence-electron chi connectivity index (χ4n) is 4.02. The van der Waals surface area contributed by atoms with Gasteiger partial charge < -0.3 is 10.3 Å². The molecule has 0 saturated carbocycles. The van der Waals surface area contributed by atoms with Crippen LogP contribution >= 0.6 is 0 Å². The Morgan fingerprint density at radius 1 is 1.14 bits per heavy atom. The topological polar surface area (TPSA) is 83.8 Å². The summed E-state index contributed by atoms with van der Waals surface area (Å²) in [5.74, 6) is 1.72. The number of piperidine rings is 1. The van der Waals surface area contributed by atoms with E-state index in [4.69, 9.17) is 0 Å². The molecular weight excluding hydrogens is 266 g/mol. The number of nitrogens with one attached hydrogen (secondary N) is 2. The fraction of sp³-hybridized carbons (Fsp3) is 0.571. The standard InChI is InChI=1S/C14H17N7/c1-2-10-4-8(3-9(1)18-10)5-11-19-20-14-12-13(16-6-15-12)17-7-21(11)14/h6-10,18H,1-5H2,(H,15,16). The molecule has 0 amide bonds. The summed E-state index contributed by atoms with van der Waals surface area (Å²) in [5.41, 5.74) is 2.38. The molecule has 0 radical (unpaired) electrons. The van der Waals surface area contributed by atoms with Crippen molar-refractivity contribution in [3.8, 4) is 0 Å². The van der Waals surface area contributed by atoms with Gasteiger partial charge in [-0.05, 0) is 31.6 Å². The van der Waals surface area contributed by atoms with Crippen molar-refractivity contribution in [2.45, 2.75) is 44.2 Å². The van der Waals surface area contributed by atoms with Gasteiger partial charge in [0.25, 0.3) is 0 Å². The number of fused-ring (bicyclic) bond motifs is 5. The lowest BCUT2D eigenvalue weighted by molar-refractivity contribution is 0.294. The van der Waals surface area contributed by atoms with Crippen molar-refractivity contribution >= 4 is 16.8 Å². The molecule has 108 valence electrons. The Balaban J connectivity index is 1.50. The van der Waals surface area contributed by atoms with E-state index in [-0.39, 0.29) is 0 Å². The molecule has 2 N–H and O–H groups in total. The normalized spacial score (nSPS) is 28.7. The van der Waals surface area contributed by atoms with Gasteiger partial charge in [-0.2, -0.15) is 0 Å². The van der Waals surface area contributed by atoms with Gasteiger partial charge in [0.05, 0.1) is 6.33 Å². The molecule has 21 heavy (non-hydrogen) atoms. The maximum Gasteiger partial charge on any atom is 0.189 e. The molecule has 7 nitrogen and oxygen atoms in total. The summed E-state index contributed by atoms with van der Waals surface area (Å²) in [4.78, 5) is 11.6. The predicted octanol–water partition coefficient (Wildman–Crippen LogP) is 1.07. The van der Waals surface area contributed by atoms with Crippen LogP contribution in [0.4, 0.5) is 0 Å². The van der Waals surface area contributed by atoms with E-state index in [0.717, 1.165) is 23.4 Å². The molecule has 2 atom stereocenters. The first-order valence-electron chi connectivity index (χ1n) is 7.64. The van der Waals surface area contributed by atoms with Crippen LogP contribution in [0.3, 0.4) is 0 Å². The minimum absolute atomic E-state index is 0.696. The average Bonchev–Trinajstić information content (AvgIpc) is 3.17. The molecule has 2 saturated heterocycles. The fourth-order valence-corrected chi connectivity index (χ4v) is 4.02. The van der Waals surface area contributed by atoms with Crippen molar-refractivity contribution in [2.24, 2.45) is 5.92 Å². The van der Waals surface area contributed by atoms with Gasteiger partial charge in [-0.3, -0.25) is 4.40 Å². The van der Waals surface area contributed by atoms with E-state index in [1.807, 2.05) is 4.40 Å². The van der Waals surface area contributed by atoms with E-state index in [9.17, 15) is 0 Å². The zero-order chi connectivity index (χ0) is 13.8. The predicted molar refractivity (Wildman–Crippen MR) is 76.8 cm³/mol. The minimum Gasteiger partial charge on any atom is -0.340 e. The Kier molecular flexibility index (Phi) is 2.34. The quantitative estimate of drug-likeness (QED) is 0.735. The smallest absolute Gasteiger partial charge is 0.189 e. The molecule has 2 fully saturated rings. The van der Waals surface area contributed by atoms with E-state index in [1.165, 1.54) is 25.7 Å². The molecule has 2 bridgehead atoms. The summed E-state index contributed by atoms with van der Waals surface area (Å²) >= 11 is 0. The second-order valence-electron chi connectivity index (χ2n) is 6.33.